The lowest BCUT2D eigenvalue weighted by molar-refractivity contribution is 0.674. The van der Waals surface area contributed by atoms with Crippen LogP contribution in [0.15, 0.2) is 29.4 Å². The summed E-state index contributed by atoms with van der Waals surface area (Å²) in [6, 6.07) is 0. The van der Waals surface area contributed by atoms with E-state index in [1.165, 1.54) is 25.7 Å². The molecule has 0 amide bonds. The van der Waals surface area contributed by atoms with Crippen LogP contribution in [0, 0.1) is 0 Å². The van der Waals surface area contributed by atoms with Crippen molar-refractivity contribution in [1.82, 2.24) is 5.32 Å². The first-order chi connectivity index (χ1) is 6.43. The second kappa shape index (κ2) is 6.46. The molecule has 0 bridgehead atoms. The Hall–Kier alpha value is -1.05. The number of allylic oxidation sites excluding steroid dienone is 2. The van der Waals surface area contributed by atoms with E-state index in [9.17, 15) is 0 Å². The first-order valence-corrected chi connectivity index (χ1v) is 5.02. The van der Waals surface area contributed by atoms with E-state index in [0.717, 1.165) is 12.4 Å². The van der Waals surface area contributed by atoms with Gasteiger partial charge in [0.25, 0.3) is 0 Å². The largest absolute Gasteiger partial charge is 0.267 e. The summed E-state index contributed by atoms with van der Waals surface area (Å²) in [5, 5.41) is 4.13. The van der Waals surface area contributed by atoms with E-state index in [-0.39, 0.29) is 0 Å². The van der Waals surface area contributed by atoms with Crippen LogP contribution in [0.25, 0.3) is 0 Å². The molecule has 2 heteroatoms. The molecule has 0 aromatic heterocycles. The third-order valence-electron chi connectivity index (χ3n) is 1.93. The fourth-order valence-corrected chi connectivity index (χ4v) is 1.18. The topological polar surface area (TPSA) is 26.5 Å². The molecule has 0 aromatic rings. The predicted molar refractivity (Wildman–Crippen MR) is 56.9 cm³/mol. The Bertz CT molecular complexity index is 214. The van der Waals surface area contributed by atoms with Crippen LogP contribution in [0.1, 0.15) is 32.6 Å². The molecule has 1 aliphatic heterocycles. The van der Waals surface area contributed by atoms with Gasteiger partial charge in [-0.15, -0.1) is 0 Å². The quantitative estimate of drug-likeness (QED) is 0.577. The van der Waals surface area contributed by atoms with Crippen LogP contribution in [0.2, 0.25) is 0 Å². The summed E-state index contributed by atoms with van der Waals surface area (Å²) in [5.41, 5.74) is 0. The molecule has 0 saturated carbocycles. The minimum Gasteiger partial charge on any atom is -0.267 e. The molecule has 0 aliphatic carbocycles. The first-order valence-electron chi connectivity index (χ1n) is 5.02. The molecule has 71 valence electrons. The average Bonchev–Trinajstić information content (AvgIpc) is 2.19. The summed E-state index contributed by atoms with van der Waals surface area (Å²) in [6.45, 7) is 3.13. The van der Waals surface area contributed by atoms with E-state index < -0.39 is 0 Å². The lowest BCUT2D eigenvalue weighted by Crippen LogP contribution is -2.09. The zero-order chi connectivity index (χ0) is 9.36. The maximum atomic E-state index is 4.37. The first kappa shape index (κ1) is 10.0. The molecular formula is C11H17N2. The van der Waals surface area contributed by atoms with Crippen molar-refractivity contribution in [2.75, 3.05) is 6.54 Å². The van der Waals surface area contributed by atoms with Crippen LogP contribution in [-0.4, -0.2) is 12.4 Å². The normalized spacial score (nSPS) is 17.8. The summed E-state index contributed by atoms with van der Waals surface area (Å²) in [7, 11) is 0. The summed E-state index contributed by atoms with van der Waals surface area (Å²) in [6.07, 6.45) is 12.7. The van der Waals surface area contributed by atoms with Gasteiger partial charge in [0.1, 0.15) is 5.84 Å². The number of rotatable bonds is 5. The highest BCUT2D eigenvalue weighted by Crippen LogP contribution is 1.99. The molecule has 0 atom stereocenters. The number of unbranched alkanes of at least 4 members (excludes halogenated alkanes) is 3. The third kappa shape index (κ3) is 4.51. The van der Waals surface area contributed by atoms with Gasteiger partial charge in [0, 0.05) is 12.7 Å². The molecule has 1 aliphatic rings. The Morgan fingerprint density at radius 2 is 2.15 bits per heavy atom. The zero-order valence-corrected chi connectivity index (χ0v) is 8.24. The number of aliphatic imine (C=N–C) groups is 1. The number of hydrogen-bond acceptors (Lipinski definition) is 1. The summed E-state index contributed by atoms with van der Waals surface area (Å²) in [5.74, 6) is 0.860. The van der Waals surface area contributed by atoms with Crippen LogP contribution < -0.4 is 5.32 Å². The van der Waals surface area contributed by atoms with Gasteiger partial charge in [0.05, 0.1) is 0 Å². The smallest absolute Gasteiger partial charge is 0.147 e. The molecule has 0 fully saturated rings. The molecule has 0 saturated heterocycles. The maximum Gasteiger partial charge on any atom is 0.147 e. The van der Waals surface area contributed by atoms with Crippen molar-refractivity contribution in [3.05, 3.63) is 24.4 Å². The standard InChI is InChI=1S/C11H17N2/c1-2-3-4-6-9-12-11-8-5-7-10-13-11/h5,7-8,10H,2-4,6,9H2,1H3/b12-11-. The molecule has 13 heavy (non-hydrogen) atoms. The molecule has 1 rings (SSSR count). The second-order valence-electron chi connectivity index (χ2n) is 3.13. The van der Waals surface area contributed by atoms with Crippen LogP contribution in [0.4, 0.5) is 0 Å². The molecule has 1 radical (unpaired) electrons. The highest BCUT2D eigenvalue weighted by molar-refractivity contribution is 5.94. The van der Waals surface area contributed by atoms with Gasteiger partial charge >= 0.3 is 0 Å². The lowest BCUT2D eigenvalue weighted by atomic mass is 10.2. The van der Waals surface area contributed by atoms with Crippen molar-refractivity contribution in [3.63, 3.8) is 0 Å². The fraction of sp³-hybridized carbons (Fsp3) is 0.545. The van der Waals surface area contributed by atoms with Gasteiger partial charge in [0.15, 0.2) is 0 Å². The van der Waals surface area contributed by atoms with Crippen molar-refractivity contribution in [2.45, 2.75) is 32.6 Å². The minimum atomic E-state index is 0.860. The van der Waals surface area contributed by atoms with E-state index in [1.54, 1.807) is 6.20 Å². The van der Waals surface area contributed by atoms with Crippen LogP contribution in [0.3, 0.4) is 0 Å². The zero-order valence-electron chi connectivity index (χ0n) is 8.24. The molecule has 0 spiro atoms. The van der Waals surface area contributed by atoms with Crippen LogP contribution >= 0.6 is 0 Å². The average molecular weight is 177 g/mol. The Balaban J connectivity index is 2.10. The van der Waals surface area contributed by atoms with Crippen molar-refractivity contribution < 1.29 is 0 Å². The van der Waals surface area contributed by atoms with Crippen molar-refractivity contribution in [1.29, 1.82) is 0 Å². The van der Waals surface area contributed by atoms with Gasteiger partial charge in [-0.25, -0.2) is 5.32 Å². The number of nitrogens with zero attached hydrogens (tertiary/aromatic N) is 2. The second-order valence-corrected chi connectivity index (χ2v) is 3.13. The van der Waals surface area contributed by atoms with E-state index in [2.05, 4.69) is 17.2 Å². The van der Waals surface area contributed by atoms with Gasteiger partial charge < -0.3 is 0 Å². The SMILES string of the molecule is CCCCCC/N=C1/C=CC=C[N]1. The van der Waals surface area contributed by atoms with Crippen LogP contribution in [0.5, 0.6) is 0 Å². The Kier molecular flexibility index (Phi) is 4.99. The van der Waals surface area contributed by atoms with Gasteiger partial charge in [-0.2, -0.15) is 0 Å². The fourth-order valence-electron chi connectivity index (χ4n) is 1.18. The molecule has 2 nitrogen and oxygen atoms in total. The highest BCUT2D eigenvalue weighted by atomic mass is 15.0. The third-order valence-corrected chi connectivity index (χ3v) is 1.93. The predicted octanol–water partition coefficient (Wildman–Crippen LogP) is 2.65. The Labute approximate surface area is 80.4 Å². The maximum absolute atomic E-state index is 4.37. The van der Waals surface area contributed by atoms with E-state index in [1.807, 2.05) is 18.2 Å². The van der Waals surface area contributed by atoms with Crippen molar-refractivity contribution in [2.24, 2.45) is 4.99 Å². The van der Waals surface area contributed by atoms with Gasteiger partial charge in [-0.05, 0) is 18.6 Å². The number of amidine groups is 1. The Morgan fingerprint density at radius 1 is 1.23 bits per heavy atom. The van der Waals surface area contributed by atoms with Gasteiger partial charge in [-0.3, -0.25) is 4.99 Å². The Morgan fingerprint density at radius 3 is 2.85 bits per heavy atom. The summed E-state index contributed by atoms with van der Waals surface area (Å²) < 4.78 is 0. The molecular weight excluding hydrogens is 160 g/mol. The van der Waals surface area contributed by atoms with Crippen molar-refractivity contribution in [3.8, 4) is 0 Å². The minimum absolute atomic E-state index is 0.860. The highest BCUT2D eigenvalue weighted by Gasteiger charge is 1.94. The molecule has 0 unspecified atom stereocenters. The number of hydrogen-bond donors (Lipinski definition) is 0. The van der Waals surface area contributed by atoms with E-state index in [4.69, 9.17) is 0 Å². The van der Waals surface area contributed by atoms with E-state index >= 15 is 0 Å². The van der Waals surface area contributed by atoms with E-state index in [0.29, 0.717) is 0 Å². The van der Waals surface area contributed by atoms with Crippen molar-refractivity contribution >= 4 is 5.84 Å². The van der Waals surface area contributed by atoms with Gasteiger partial charge in [0.2, 0.25) is 0 Å². The summed E-state index contributed by atoms with van der Waals surface area (Å²) in [4.78, 5) is 4.37. The lowest BCUT2D eigenvalue weighted by Gasteiger charge is -2.01. The summed E-state index contributed by atoms with van der Waals surface area (Å²) >= 11 is 0. The molecule has 0 aromatic carbocycles. The molecule has 0 N–H and O–H groups in total. The monoisotopic (exact) mass is 177 g/mol. The van der Waals surface area contributed by atoms with Gasteiger partial charge in [-0.1, -0.05) is 32.3 Å². The van der Waals surface area contributed by atoms with Crippen LogP contribution in [-0.2, 0) is 0 Å². The molecule has 1 heterocycles.